The lowest BCUT2D eigenvalue weighted by Gasteiger charge is -2.20. The van der Waals surface area contributed by atoms with Crippen molar-refractivity contribution >= 4 is 27.4 Å². The molecule has 2 heterocycles. The Bertz CT molecular complexity index is 1290. The van der Waals surface area contributed by atoms with Crippen molar-refractivity contribution in [2.45, 2.75) is 37.1 Å². The summed E-state index contributed by atoms with van der Waals surface area (Å²) in [7, 11) is -3.71. The first kappa shape index (κ1) is 23.4. The quantitative estimate of drug-likeness (QED) is 0.478. The molecule has 1 aromatic heterocycles. The van der Waals surface area contributed by atoms with Gasteiger partial charge in [-0.25, -0.2) is 8.42 Å². The average molecular weight is 485 g/mol. The van der Waals surface area contributed by atoms with Crippen LogP contribution in [0.5, 0.6) is 0 Å². The molecule has 1 fully saturated rings. The standard InChI is InChI=1S/C25H25ClN2O4S/c26-22-11-9-20(10-12-22)19-5-7-21(8-6-19)24(29)18-27-17-23(13-14-25(27)30)33(31,32)28-15-3-1-2-4-16-28/h5-14,17H,1-4,15-16,18H2. The highest BCUT2D eigenvalue weighted by atomic mass is 35.5. The molecule has 1 aliphatic heterocycles. The lowest BCUT2D eigenvalue weighted by Crippen LogP contribution is -2.33. The van der Waals surface area contributed by atoms with Gasteiger partial charge in [-0.1, -0.05) is 60.8 Å². The minimum Gasteiger partial charge on any atom is -0.306 e. The summed E-state index contributed by atoms with van der Waals surface area (Å²) in [6.07, 6.45) is 4.95. The normalized spacial score (nSPS) is 15.2. The van der Waals surface area contributed by atoms with E-state index < -0.39 is 15.6 Å². The van der Waals surface area contributed by atoms with Crippen molar-refractivity contribution in [2.75, 3.05) is 13.1 Å². The number of pyridine rings is 1. The number of aromatic nitrogens is 1. The van der Waals surface area contributed by atoms with E-state index in [-0.39, 0.29) is 17.2 Å². The molecule has 6 nitrogen and oxygen atoms in total. The Morgan fingerprint density at radius 2 is 1.39 bits per heavy atom. The summed E-state index contributed by atoms with van der Waals surface area (Å²) in [6.45, 7) is 0.712. The van der Waals surface area contributed by atoms with Crippen LogP contribution < -0.4 is 5.56 Å². The summed E-state index contributed by atoms with van der Waals surface area (Å²) in [4.78, 5) is 25.2. The number of nitrogens with zero attached hydrogens (tertiary/aromatic N) is 2. The Morgan fingerprint density at radius 1 is 0.818 bits per heavy atom. The number of sulfonamides is 1. The molecule has 0 N–H and O–H groups in total. The Labute approximate surface area is 198 Å². The third-order valence-corrected chi connectivity index (χ3v) is 7.99. The first-order valence-corrected chi connectivity index (χ1v) is 12.8. The van der Waals surface area contributed by atoms with Crippen LogP contribution >= 0.6 is 11.6 Å². The summed E-state index contributed by atoms with van der Waals surface area (Å²) in [5.74, 6) is -0.274. The fourth-order valence-electron chi connectivity index (χ4n) is 3.95. The minimum atomic E-state index is -3.71. The van der Waals surface area contributed by atoms with Crippen LogP contribution in [0.3, 0.4) is 0 Å². The Kier molecular flexibility index (Phi) is 7.12. The molecular weight excluding hydrogens is 460 g/mol. The molecule has 4 rings (SSSR count). The topological polar surface area (TPSA) is 76.5 Å². The number of carbonyl (C=O) groups excluding carboxylic acids is 1. The van der Waals surface area contributed by atoms with Crippen molar-refractivity contribution in [1.29, 1.82) is 0 Å². The van der Waals surface area contributed by atoms with E-state index in [2.05, 4.69) is 0 Å². The van der Waals surface area contributed by atoms with E-state index >= 15 is 0 Å². The summed E-state index contributed by atoms with van der Waals surface area (Å²) >= 11 is 5.93. The second-order valence-corrected chi connectivity index (χ2v) is 10.5. The fourth-order valence-corrected chi connectivity index (χ4v) is 5.62. The molecule has 0 bridgehead atoms. The number of Topliss-reactive ketones (excluding diaryl/α,β-unsaturated/α-hetero) is 1. The Hall–Kier alpha value is -2.74. The van der Waals surface area contributed by atoms with Crippen LogP contribution in [0.1, 0.15) is 36.0 Å². The molecule has 33 heavy (non-hydrogen) atoms. The number of rotatable bonds is 6. The van der Waals surface area contributed by atoms with E-state index in [0.29, 0.717) is 23.7 Å². The van der Waals surface area contributed by atoms with Gasteiger partial charge in [0.1, 0.15) is 0 Å². The van der Waals surface area contributed by atoms with Crippen LogP contribution in [0.4, 0.5) is 0 Å². The van der Waals surface area contributed by atoms with Gasteiger partial charge in [-0.15, -0.1) is 0 Å². The molecule has 172 valence electrons. The third kappa shape index (κ3) is 5.43. The second kappa shape index (κ2) is 10.0. The van der Waals surface area contributed by atoms with Crippen LogP contribution in [-0.4, -0.2) is 36.2 Å². The van der Waals surface area contributed by atoms with Crippen LogP contribution in [0, 0.1) is 0 Å². The minimum absolute atomic E-state index is 0.0369. The number of benzene rings is 2. The Morgan fingerprint density at radius 3 is 2.00 bits per heavy atom. The largest absolute Gasteiger partial charge is 0.306 e. The summed E-state index contributed by atoms with van der Waals surface area (Å²) in [6, 6.07) is 17.0. The highest BCUT2D eigenvalue weighted by Gasteiger charge is 2.26. The average Bonchev–Trinajstić information content (AvgIpc) is 3.11. The van der Waals surface area contributed by atoms with Gasteiger partial charge in [-0.2, -0.15) is 4.31 Å². The number of hydrogen-bond acceptors (Lipinski definition) is 4. The molecule has 8 heteroatoms. The molecule has 2 aromatic carbocycles. The predicted octanol–water partition coefficient (Wildman–Crippen LogP) is 4.62. The van der Waals surface area contributed by atoms with Gasteiger partial charge in [0.05, 0.1) is 11.4 Å². The monoisotopic (exact) mass is 484 g/mol. The third-order valence-electron chi connectivity index (χ3n) is 5.86. The number of hydrogen-bond donors (Lipinski definition) is 0. The first-order chi connectivity index (χ1) is 15.8. The maximum absolute atomic E-state index is 13.1. The van der Waals surface area contributed by atoms with Gasteiger partial charge in [0.2, 0.25) is 10.0 Å². The molecule has 0 atom stereocenters. The lowest BCUT2D eigenvalue weighted by atomic mass is 10.0. The van der Waals surface area contributed by atoms with E-state index in [1.54, 1.807) is 24.3 Å². The van der Waals surface area contributed by atoms with E-state index in [9.17, 15) is 18.0 Å². The molecule has 0 saturated carbocycles. The first-order valence-electron chi connectivity index (χ1n) is 10.9. The van der Waals surface area contributed by atoms with Crippen LogP contribution in [0.25, 0.3) is 11.1 Å². The van der Waals surface area contributed by atoms with Crippen LogP contribution in [0.15, 0.2) is 76.6 Å². The van der Waals surface area contributed by atoms with Crippen molar-refractivity contribution in [2.24, 2.45) is 0 Å². The summed E-state index contributed by atoms with van der Waals surface area (Å²) < 4.78 is 28.8. The highest BCUT2D eigenvalue weighted by Crippen LogP contribution is 2.23. The van der Waals surface area contributed by atoms with Crippen molar-refractivity contribution in [1.82, 2.24) is 8.87 Å². The van der Waals surface area contributed by atoms with Crippen molar-refractivity contribution in [3.8, 4) is 11.1 Å². The van der Waals surface area contributed by atoms with Gasteiger partial charge in [-0.3, -0.25) is 9.59 Å². The lowest BCUT2D eigenvalue weighted by molar-refractivity contribution is 0.0970. The predicted molar refractivity (Wildman–Crippen MR) is 129 cm³/mol. The molecule has 0 spiro atoms. The van der Waals surface area contributed by atoms with Crippen molar-refractivity contribution in [3.05, 3.63) is 87.8 Å². The van der Waals surface area contributed by atoms with Gasteiger partial charge in [-0.05, 0) is 42.2 Å². The molecule has 0 radical (unpaired) electrons. The Balaban J connectivity index is 1.53. The van der Waals surface area contributed by atoms with Gasteiger partial charge < -0.3 is 4.57 Å². The van der Waals surface area contributed by atoms with E-state index in [0.717, 1.165) is 36.8 Å². The van der Waals surface area contributed by atoms with Gasteiger partial charge >= 0.3 is 0 Å². The van der Waals surface area contributed by atoms with Crippen LogP contribution in [0.2, 0.25) is 5.02 Å². The van der Waals surface area contributed by atoms with E-state index in [4.69, 9.17) is 11.6 Å². The summed E-state index contributed by atoms with van der Waals surface area (Å²) in [5.41, 5.74) is 1.93. The zero-order valence-corrected chi connectivity index (χ0v) is 19.7. The molecule has 3 aromatic rings. The number of carbonyl (C=O) groups is 1. The molecule has 1 saturated heterocycles. The molecule has 0 unspecified atom stereocenters. The second-order valence-electron chi connectivity index (χ2n) is 8.16. The van der Waals surface area contributed by atoms with E-state index in [1.807, 2.05) is 24.3 Å². The zero-order chi connectivity index (χ0) is 23.4. The fraction of sp³-hybridized carbons (Fsp3) is 0.280. The maximum atomic E-state index is 13.1. The molecule has 1 aliphatic rings. The zero-order valence-electron chi connectivity index (χ0n) is 18.1. The number of ketones is 1. The highest BCUT2D eigenvalue weighted by molar-refractivity contribution is 7.89. The smallest absolute Gasteiger partial charge is 0.251 e. The van der Waals surface area contributed by atoms with Gasteiger partial charge in [0.25, 0.3) is 5.56 Å². The van der Waals surface area contributed by atoms with E-state index in [1.165, 1.54) is 27.2 Å². The van der Waals surface area contributed by atoms with Crippen molar-refractivity contribution in [3.63, 3.8) is 0 Å². The summed E-state index contributed by atoms with van der Waals surface area (Å²) in [5, 5.41) is 0.649. The SMILES string of the molecule is O=C(Cn1cc(S(=O)(=O)N2CCCCCC2)ccc1=O)c1ccc(-c2ccc(Cl)cc2)cc1. The number of halogens is 1. The van der Waals surface area contributed by atoms with Gasteiger partial charge in [0, 0.05) is 35.9 Å². The van der Waals surface area contributed by atoms with Gasteiger partial charge in [0.15, 0.2) is 5.78 Å². The van der Waals surface area contributed by atoms with Crippen LogP contribution in [-0.2, 0) is 16.6 Å². The maximum Gasteiger partial charge on any atom is 0.251 e. The van der Waals surface area contributed by atoms with Crippen molar-refractivity contribution < 1.29 is 13.2 Å². The molecule has 0 aliphatic carbocycles. The molecular formula is C25H25ClN2O4S. The molecule has 0 amide bonds.